The van der Waals surface area contributed by atoms with E-state index in [9.17, 15) is 9.59 Å². The van der Waals surface area contributed by atoms with E-state index in [1.165, 1.54) is 0 Å². The number of nitrogens with zero attached hydrogens (tertiary/aromatic N) is 3. The molecule has 0 aliphatic carbocycles. The summed E-state index contributed by atoms with van der Waals surface area (Å²) < 4.78 is 6.71. The van der Waals surface area contributed by atoms with E-state index in [0.29, 0.717) is 29.2 Å². The maximum Gasteiger partial charge on any atom is 0.276 e. The molecule has 0 saturated carbocycles. The fraction of sp³-hybridized carbons (Fsp3) is 0.182. The van der Waals surface area contributed by atoms with Crippen LogP contribution in [-0.2, 0) is 16.7 Å². The molecule has 1 aromatic heterocycles. The van der Waals surface area contributed by atoms with Crippen LogP contribution in [0.25, 0.3) is 0 Å². The van der Waals surface area contributed by atoms with Gasteiger partial charge in [-0.3, -0.25) is 14.3 Å². The first-order chi connectivity index (χ1) is 15.0. The Labute approximate surface area is 178 Å². The Morgan fingerprint density at radius 2 is 1.71 bits per heavy atom. The van der Waals surface area contributed by atoms with Gasteiger partial charge in [0.2, 0.25) is 6.10 Å². The van der Waals surface area contributed by atoms with Crippen LogP contribution in [0.15, 0.2) is 65.9 Å². The molecule has 1 atom stereocenters. The topological polar surface area (TPSA) is 107 Å². The number of carbonyl (C=O) groups is 2. The van der Waals surface area contributed by atoms with Gasteiger partial charge in [-0.15, -0.1) is 0 Å². The summed E-state index contributed by atoms with van der Waals surface area (Å²) in [5, 5.41) is 13.7. The van der Waals surface area contributed by atoms with Gasteiger partial charge in [0.1, 0.15) is 5.75 Å². The van der Waals surface area contributed by atoms with Crippen LogP contribution < -0.4 is 15.4 Å². The Kier molecular flexibility index (Phi) is 5.65. The Morgan fingerprint density at radius 1 is 1.03 bits per heavy atom. The summed E-state index contributed by atoms with van der Waals surface area (Å²) in [6, 6.07) is 15.8. The third-order valence-corrected chi connectivity index (χ3v) is 4.74. The van der Waals surface area contributed by atoms with Gasteiger partial charge in [-0.1, -0.05) is 5.16 Å². The van der Waals surface area contributed by atoms with Crippen LogP contribution >= 0.6 is 0 Å². The second-order valence-electron chi connectivity index (χ2n) is 6.96. The zero-order valence-corrected chi connectivity index (χ0v) is 17.0. The molecule has 31 heavy (non-hydrogen) atoms. The van der Waals surface area contributed by atoms with Gasteiger partial charge in [0.05, 0.1) is 12.8 Å². The average Bonchev–Trinajstić information content (AvgIpc) is 3.45. The highest BCUT2D eigenvalue weighted by atomic mass is 16.6. The fourth-order valence-electron chi connectivity index (χ4n) is 3.06. The largest absolute Gasteiger partial charge is 0.497 e. The maximum atomic E-state index is 12.5. The van der Waals surface area contributed by atoms with Crippen molar-refractivity contribution in [3.8, 4) is 5.75 Å². The lowest BCUT2D eigenvalue weighted by Crippen LogP contribution is -2.28. The molecule has 0 radical (unpaired) electrons. The number of hydrogen-bond acceptors (Lipinski definition) is 6. The number of hydrogen-bond donors (Lipinski definition) is 2. The van der Waals surface area contributed by atoms with E-state index in [1.54, 1.807) is 55.4 Å². The molecule has 3 aromatic rings. The minimum atomic E-state index is -0.708. The van der Waals surface area contributed by atoms with Crippen molar-refractivity contribution >= 4 is 28.9 Å². The van der Waals surface area contributed by atoms with E-state index in [1.807, 2.05) is 24.3 Å². The number of rotatable bonds is 6. The van der Waals surface area contributed by atoms with Crippen LogP contribution in [0, 0.1) is 0 Å². The van der Waals surface area contributed by atoms with Crippen LogP contribution in [-0.4, -0.2) is 40.5 Å². The lowest BCUT2D eigenvalue weighted by Gasteiger charge is -2.10. The maximum absolute atomic E-state index is 12.5. The molecular weight excluding hydrogens is 398 g/mol. The molecule has 9 heteroatoms. The number of methoxy groups -OCH3 is 1. The molecule has 2 heterocycles. The van der Waals surface area contributed by atoms with Gasteiger partial charge < -0.3 is 20.2 Å². The average molecular weight is 419 g/mol. The molecular formula is C22H21N5O4. The molecule has 0 saturated heterocycles. The first-order valence-corrected chi connectivity index (χ1v) is 9.61. The van der Waals surface area contributed by atoms with Gasteiger partial charge in [0.25, 0.3) is 11.8 Å². The monoisotopic (exact) mass is 419 g/mol. The molecule has 0 bridgehead atoms. The SMILES string of the molecule is COc1ccc(C2=NOC(C(=O)Nc3ccc(NC(=O)c4ccn(C)n4)cc3)C2)cc1. The molecule has 2 N–H and O–H groups in total. The van der Waals surface area contributed by atoms with Gasteiger partial charge in [0, 0.05) is 31.0 Å². The fourth-order valence-corrected chi connectivity index (χ4v) is 3.06. The molecule has 1 unspecified atom stereocenters. The molecule has 1 aliphatic rings. The molecule has 158 valence electrons. The number of nitrogens with one attached hydrogen (secondary N) is 2. The molecule has 0 spiro atoms. The van der Waals surface area contributed by atoms with E-state index < -0.39 is 6.10 Å². The van der Waals surface area contributed by atoms with Crippen LogP contribution in [0.3, 0.4) is 0 Å². The van der Waals surface area contributed by atoms with E-state index in [0.717, 1.165) is 11.3 Å². The van der Waals surface area contributed by atoms with Crippen molar-refractivity contribution in [2.24, 2.45) is 12.2 Å². The quantitative estimate of drug-likeness (QED) is 0.639. The smallest absolute Gasteiger partial charge is 0.276 e. The molecule has 0 fully saturated rings. The molecule has 2 aromatic carbocycles. The number of carbonyl (C=O) groups excluding carboxylic acids is 2. The van der Waals surface area contributed by atoms with Crippen molar-refractivity contribution in [2.75, 3.05) is 17.7 Å². The van der Waals surface area contributed by atoms with Gasteiger partial charge >= 0.3 is 0 Å². The summed E-state index contributed by atoms with van der Waals surface area (Å²) >= 11 is 0. The van der Waals surface area contributed by atoms with Crippen molar-refractivity contribution in [2.45, 2.75) is 12.5 Å². The molecule has 1 aliphatic heterocycles. The van der Waals surface area contributed by atoms with Crippen molar-refractivity contribution in [3.63, 3.8) is 0 Å². The summed E-state index contributed by atoms with van der Waals surface area (Å²) in [6.45, 7) is 0. The van der Waals surface area contributed by atoms with Crippen LogP contribution in [0.5, 0.6) is 5.75 Å². The number of aryl methyl sites for hydroxylation is 1. The van der Waals surface area contributed by atoms with Crippen molar-refractivity contribution < 1.29 is 19.2 Å². The van der Waals surface area contributed by atoms with Crippen molar-refractivity contribution in [1.29, 1.82) is 0 Å². The predicted octanol–water partition coefficient (Wildman–Crippen LogP) is 2.81. The first-order valence-electron chi connectivity index (χ1n) is 9.61. The van der Waals surface area contributed by atoms with Gasteiger partial charge in [-0.2, -0.15) is 5.10 Å². The number of aromatic nitrogens is 2. The van der Waals surface area contributed by atoms with Crippen molar-refractivity contribution in [3.05, 3.63) is 72.1 Å². The van der Waals surface area contributed by atoms with Crippen molar-refractivity contribution in [1.82, 2.24) is 9.78 Å². The van der Waals surface area contributed by atoms with Gasteiger partial charge in [0.15, 0.2) is 5.69 Å². The zero-order valence-electron chi connectivity index (χ0n) is 17.0. The van der Waals surface area contributed by atoms with Crippen LogP contribution in [0.1, 0.15) is 22.5 Å². The number of oxime groups is 1. The highest BCUT2D eigenvalue weighted by Crippen LogP contribution is 2.21. The minimum absolute atomic E-state index is 0.294. The van der Waals surface area contributed by atoms with Crippen LogP contribution in [0.4, 0.5) is 11.4 Å². The van der Waals surface area contributed by atoms with E-state index in [4.69, 9.17) is 9.57 Å². The third-order valence-electron chi connectivity index (χ3n) is 4.74. The summed E-state index contributed by atoms with van der Waals surface area (Å²) in [7, 11) is 3.35. The number of anilines is 2. The van der Waals surface area contributed by atoms with E-state index >= 15 is 0 Å². The highest BCUT2D eigenvalue weighted by Gasteiger charge is 2.29. The Morgan fingerprint density at radius 3 is 2.32 bits per heavy atom. The third kappa shape index (κ3) is 4.72. The number of ether oxygens (including phenoxy) is 1. The summed E-state index contributed by atoms with van der Waals surface area (Å²) in [6.07, 6.45) is 1.36. The Balaban J connectivity index is 1.31. The minimum Gasteiger partial charge on any atom is -0.497 e. The predicted molar refractivity (Wildman–Crippen MR) is 115 cm³/mol. The molecule has 4 rings (SSSR count). The van der Waals surface area contributed by atoms with E-state index in [-0.39, 0.29) is 11.8 Å². The second-order valence-corrected chi connectivity index (χ2v) is 6.96. The normalized spacial score (nSPS) is 15.0. The molecule has 2 amide bonds. The lowest BCUT2D eigenvalue weighted by atomic mass is 10.0. The summed E-state index contributed by atoms with van der Waals surface area (Å²) in [4.78, 5) is 30.0. The Hall–Kier alpha value is -4.14. The Bertz CT molecular complexity index is 1120. The summed E-state index contributed by atoms with van der Waals surface area (Å²) in [5.41, 5.74) is 3.09. The van der Waals surface area contributed by atoms with Gasteiger partial charge in [-0.05, 0) is 60.2 Å². The molecule has 9 nitrogen and oxygen atoms in total. The van der Waals surface area contributed by atoms with Crippen LogP contribution in [0.2, 0.25) is 0 Å². The second kappa shape index (κ2) is 8.70. The van der Waals surface area contributed by atoms with E-state index in [2.05, 4.69) is 20.9 Å². The first kappa shape index (κ1) is 20.1. The lowest BCUT2D eigenvalue weighted by molar-refractivity contribution is -0.125. The standard InChI is InChI=1S/C22H21N5O4/c1-27-12-11-18(25-27)21(28)23-15-5-7-16(8-6-15)24-22(29)20-13-19(26-31-20)14-3-9-17(30-2)10-4-14/h3-12,20H,13H2,1-2H3,(H,23,28)(H,24,29). The zero-order chi connectivity index (χ0) is 21.8. The number of benzene rings is 2. The number of amides is 2. The highest BCUT2D eigenvalue weighted by molar-refractivity contribution is 6.06. The summed E-state index contributed by atoms with van der Waals surface area (Å²) in [5.74, 6) is 0.148. The van der Waals surface area contributed by atoms with Gasteiger partial charge in [-0.25, -0.2) is 0 Å².